The van der Waals surface area contributed by atoms with Gasteiger partial charge in [0.25, 0.3) is 0 Å². The Hall–Kier alpha value is -1.43. The number of nitrogens with one attached hydrogen (secondary N) is 1. The number of carbonyl (C=O) groups is 3. The molecule has 0 aromatic rings. The van der Waals surface area contributed by atoms with Gasteiger partial charge in [0.15, 0.2) is 0 Å². The van der Waals surface area contributed by atoms with Crippen molar-refractivity contribution in [2.24, 2.45) is 11.8 Å². The summed E-state index contributed by atoms with van der Waals surface area (Å²) in [6.07, 6.45) is 3.69. The van der Waals surface area contributed by atoms with Gasteiger partial charge in [-0.05, 0) is 39.2 Å². The summed E-state index contributed by atoms with van der Waals surface area (Å²) in [5, 5.41) is 2.78. The molecule has 0 bridgehead atoms. The molecule has 130 valence electrons. The number of rotatable bonds is 4. The van der Waals surface area contributed by atoms with Crippen LogP contribution in [0.1, 0.15) is 46.0 Å². The highest BCUT2D eigenvalue weighted by Gasteiger charge is 2.41. The highest BCUT2D eigenvalue weighted by atomic mass is 16.2. The van der Waals surface area contributed by atoms with E-state index >= 15 is 0 Å². The van der Waals surface area contributed by atoms with E-state index in [0.29, 0.717) is 44.3 Å². The molecular formula is C17H29N3O3. The zero-order chi connectivity index (χ0) is 17.0. The van der Waals surface area contributed by atoms with Crippen molar-refractivity contribution in [1.82, 2.24) is 15.1 Å². The van der Waals surface area contributed by atoms with Gasteiger partial charge in [0.05, 0.1) is 5.92 Å². The van der Waals surface area contributed by atoms with Crippen LogP contribution in [0.15, 0.2) is 0 Å². The van der Waals surface area contributed by atoms with Gasteiger partial charge in [-0.1, -0.05) is 6.92 Å². The lowest BCUT2D eigenvalue weighted by molar-refractivity contribution is -0.138. The van der Waals surface area contributed by atoms with Crippen LogP contribution in [0.5, 0.6) is 0 Å². The maximum absolute atomic E-state index is 12.8. The topological polar surface area (TPSA) is 69.7 Å². The number of hydrogen-bond donors (Lipinski definition) is 1. The minimum Gasteiger partial charge on any atom is -0.338 e. The van der Waals surface area contributed by atoms with Gasteiger partial charge in [-0.25, -0.2) is 4.79 Å². The molecule has 0 unspecified atom stereocenters. The fraction of sp³-hybridized carbons (Fsp3) is 0.824. The minimum absolute atomic E-state index is 0.107. The fourth-order valence-electron chi connectivity index (χ4n) is 3.94. The van der Waals surface area contributed by atoms with Crippen LogP contribution in [0, 0.1) is 11.8 Å². The zero-order valence-corrected chi connectivity index (χ0v) is 14.5. The number of piperidine rings is 1. The molecule has 3 atom stereocenters. The quantitative estimate of drug-likeness (QED) is 0.854. The lowest BCUT2D eigenvalue weighted by Gasteiger charge is -2.45. The number of nitrogens with zero attached hydrogens (tertiary/aromatic N) is 2. The third kappa shape index (κ3) is 4.10. The van der Waals surface area contributed by atoms with E-state index in [0.717, 1.165) is 19.3 Å². The van der Waals surface area contributed by atoms with E-state index in [4.69, 9.17) is 0 Å². The van der Waals surface area contributed by atoms with Gasteiger partial charge in [-0.2, -0.15) is 0 Å². The minimum atomic E-state index is -0.302. The largest absolute Gasteiger partial charge is 0.338 e. The van der Waals surface area contributed by atoms with E-state index in [-0.39, 0.29) is 23.8 Å². The highest BCUT2D eigenvalue weighted by Crippen LogP contribution is 2.36. The highest BCUT2D eigenvalue weighted by molar-refractivity contribution is 5.95. The molecule has 1 N–H and O–H groups in total. The van der Waals surface area contributed by atoms with Gasteiger partial charge in [-0.15, -0.1) is 0 Å². The summed E-state index contributed by atoms with van der Waals surface area (Å²) in [5.41, 5.74) is 0. The average molecular weight is 323 g/mol. The Bertz CT molecular complexity index is 466. The molecule has 6 heteroatoms. The van der Waals surface area contributed by atoms with Gasteiger partial charge in [0, 0.05) is 38.5 Å². The SMILES string of the molecule is CCCNC(=O)N(CC)C(=O)[C@@H]1C[C@@H]2CC(=O)CC[C@H]2N(C)C1. The van der Waals surface area contributed by atoms with E-state index < -0.39 is 0 Å². The van der Waals surface area contributed by atoms with Crippen LogP contribution in [-0.2, 0) is 9.59 Å². The van der Waals surface area contributed by atoms with Crippen molar-refractivity contribution in [2.45, 2.75) is 52.0 Å². The molecule has 3 amide bonds. The van der Waals surface area contributed by atoms with Gasteiger partial charge in [0.1, 0.15) is 5.78 Å². The second kappa shape index (κ2) is 7.90. The molecule has 2 rings (SSSR count). The Kier molecular flexibility index (Phi) is 6.16. The number of fused-ring (bicyclic) bond motifs is 1. The second-order valence-electron chi connectivity index (χ2n) is 6.80. The molecule has 1 heterocycles. The van der Waals surface area contributed by atoms with Crippen molar-refractivity contribution in [2.75, 3.05) is 26.7 Å². The fourth-order valence-corrected chi connectivity index (χ4v) is 3.94. The van der Waals surface area contributed by atoms with Crippen molar-refractivity contribution in [3.8, 4) is 0 Å². The molecular weight excluding hydrogens is 294 g/mol. The first kappa shape index (κ1) is 17.9. The summed E-state index contributed by atoms with van der Waals surface area (Å²) in [7, 11) is 2.03. The maximum atomic E-state index is 12.8. The third-order valence-corrected chi connectivity index (χ3v) is 5.12. The van der Waals surface area contributed by atoms with Crippen molar-refractivity contribution in [3.05, 3.63) is 0 Å². The molecule has 1 aliphatic heterocycles. The van der Waals surface area contributed by atoms with Crippen molar-refractivity contribution < 1.29 is 14.4 Å². The number of hydrogen-bond acceptors (Lipinski definition) is 4. The normalized spacial score (nSPS) is 28.1. The number of imide groups is 1. The molecule has 0 spiro atoms. The summed E-state index contributed by atoms with van der Waals surface area (Å²) in [4.78, 5) is 40.2. The first-order chi connectivity index (χ1) is 11.0. The maximum Gasteiger partial charge on any atom is 0.324 e. The molecule has 0 radical (unpaired) electrons. The lowest BCUT2D eigenvalue weighted by Crippen LogP contribution is -2.55. The lowest BCUT2D eigenvalue weighted by atomic mass is 9.74. The number of likely N-dealkylation sites (tertiary alicyclic amines) is 1. The Balaban J connectivity index is 2.03. The summed E-state index contributed by atoms with van der Waals surface area (Å²) < 4.78 is 0. The van der Waals surface area contributed by atoms with Crippen LogP contribution in [0.25, 0.3) is 0 Å². The van der Waals surface area contributed by atoms with E-state index in [9.17, 15) is 14.4 Å². The monoisotopic (exact) mass is 323 g/mol. The molecule has 6 nitrogen and oxygen atoms in total. The predicted molar refractivity (Wildman–Crippen MR) is 87.9 cm³/mol. The van der Waals surface area contributed by atoms with E-state index in [1.54, 1.807) is 0 Å². The Morgan fingerprint density at radius 3 is 2.74 bits per heavy atom. The average Bonchev–Trinajstić information content (AvgIpc) is 2.52. The number of amides is 3. The summed E-state index contributed by atoms with van der Waals surface area (Å²) in [6, 6.07) is 0.101. The van der Waals surface area contributed by atoms with Crippen LogP contribution < -0.4 is 5.32 Å². The van der Waals surface area contributed by atoms with Gasteiger partial charge < -0.3 is 10.2 Å². The number of carbonyl (C=O) groups excluding carboxylic acids is 3. The number of urea groups is 1. The van der Waals surface area contributed by atoms with E-state index in [2.05, 4.69) is 10.2 Å². The Labute approximate surface area is 138 Å². The number of Topliss-reactive ketones (excluding diaryl/α,β-unsaturated/α-hetero) is 1. The Morgan fingerprint density at radius 1 is 1.35 bits per heavy atom. The zero-order valence-electron chi connectivity index (χ0n) is 14.5. The molecule has 2 aliphatic rings. The van der Waals surface area contributed by atoms with Crippen molar-refractivity contribution in [1.29, 1.82) is 0 Å². The summed E-state index contributed by atoms with van der Waals surface area (Å²) in [6.45, 7) is 5.43. The third-order valence-electron chi connectivity index (χ3n) is 5.12. The van der Waals surface area contributed by atoms with Crippen molar-refractivity contribution >= 4 is 17.7 Å². The van der Waals surface area contributed by atoms with Crippen molar-refractivity contribution in [3.63, 3.8) is 0 Å². The van der Waals surface area contributed by atoms with E-state index in [1.165, 1.54) is 4.90 Å². The molecule has 1 saturated carbocycles. The van der Waals surface area contributed by atoms with Crippen LogP contribution >= 0.6 is 0 Å². The van der Waals surface area contributed by atoms with Crippen LogP contribution in [-0.4, -0.2) is 60.2 Å². The second-order valence-corrected chi connectivity index (χ2v) is 6.80. The summed E-state index contributed by atoms with van der Waals surface area (Å²) in [5.74, 6) is 0.256. The van der Waals surface area contributed by atoms with Crippen LogP contribution in [0.4, 0.5) is 4.79 Å². The molecule has 0 aromatic carbocycles. The summed E-state index contributed by atoms with van der Waals surface area (Å²) >= 11 is 0. The van der Waals surface area contributed by atoms with Gasteiger partial charge in [0.2, 0.25) is 5.91 Å². The smallest absolute Gasteiger partial charge is 0.324 e. The van der Waals surface area contributed by atoms with Gasteiger partial charge in [-0.3, -0.25) is 14.5 Å². The molecule has 2 fully saturated rings. The van der Waals surface area contributed by atoms with E-state index in [1.807, 2.05) is 20.9 Å². The molecule has 1 aliphatic carbocycles. The van der Waals surface area contributed by atoms with Gasteiger partial charge >= 0.3 is 6.03 Å². The van der Waals surface area contributed by atoms with Crippen LogP contribution in [0.3, 0.4) is 0 Å². The van der Waals surface area contributed by atoms with Crippen LogP contribution in [0.2, 0.25) is 0 Å². The molecule has 23 heavy (non-hydrogen) atoms. The predicted octanol–water partition coefficient (Wildman–Crippen LogP) is 1.64. The standard InChI is InChI=1S/C17H29N3O3/c1-4-8-18-17(23)20(5-2)16(22)13-9-12-10-14(21)6-7-15(12)19(3)11-13/h12-13,15H,4-11H2,1-3H3,(H,18,23)/t12-,13-,15-/m1/s1. The first-order valence-electron chi connectivity index (χ1n) is 8.79. The Morgan fingerprint density at radius 2 is 2.09 bits per heavy atom. The molecule has 1 saturated heterocycles. The number of ketones is 1. The molecule has 0 aromatic heterocycles. The first-order valence-corrected chi connectivity index (χ1v) is 8.79.